The van der Waals surface area contributed by atoms with Crippen molar-refractivity contribution in [2.75, 3.05) is 24.6 Å². The third-order valence-corrected chi connectivity index (χ3v) is 5.27. The zero-order chi connectivity index (χ0) is 15.2. The standard InChI is InChI=1S/C15H26N2O3S/c1-2-5-21-10-14(18)16-12-6-13(7-12)17(9-15(19)20)8-11-3-4-11/h11-13H,2-10H2,1H3,(H,16,18)(H,19,20). The predicted octanol–water partition coefficient (Wildman–Crippen LogP) is 1.57. The number of hydrogen-bond acceptors (Lipinski definition) is 4. The number of thioether (sulfide) groups is 1. The van der Waals surface area contributed by atoms with Gasteiger partial charge in [0.2, 0.25) is 5.91 Å². The van der Waals surface area contributed by atoms with E-state index in [1.165, 1.54) is 12.8 Å². The number of carboxylic acid groups (broad SMARTS) is 1. The molecule has 0 aromatic heterocycles. The Labute approximate surface area is 130 Å². The molecule has 0 aromatic carbocycles. The lowest BCUT2D eigenvalue weighted by Crippen LogP contribution is -2.55. The van der Waals surface area contributed by atoms with Crippen molar-refractivity contribution in [3.63, 3.8) is 0 Å². The van der Waals surface area contributed by atoms with Crippen LogP contribution in [-0.4, -0.2) is 58.6 Å². The molecule has 0 spiro atoms. The number of nitrogens with zero attached hydrogens (tertiary/aromatic N) is 1. The first-order valence-electron chi connectivity index (χ1n) is 7.91. The van der Waals surface area contributed by atoms with Gasteiger partial charge in [0, 0.05) is 18.6 Å². The summed E-state index contributed by atoms with van der Waals surface area (Å²) in [7, 11) is 0. The molecule has 0 bridgehead atoms. The molecule has 0 heterocycles. The van der Waals surface area contributed by atoms with E-state index in [4.69, 9.17) is 5.11 Å². The number of nitrogens with one attached hydrogen (secondary N) is 1. The first-order chi connectivity index (χ1) is 10.1. The molecule has 120 valence electrons. The van der Waals surface area contributed by atoms with Crippen molar-refractivity contribution in [1.82, 2.24) is 10.2 Å². The molecular weight excluding hydrogens is 288 g/mol. The van der Waals surface area contributed by atoms with Crippen LogP contribution >= 0.6 is 11.8 Å². The van der Waals surface area contributed by atoms with Crippen molar-refractivity contribution in [1.29, 1.82) is 0 Å². The molecule has 0 saturated heterocycles. The second-order valence-electron chi connectivity index (χ2n) is 6.21. The zero-order valence-corrected chi connectivity index (χ0v) is 13.5. The number of carbonyl (C=O) groups excluding carboxylic acids is 1. The summed E-state index contributed by atoms with van der Waals surface area (Å²) in [5, 5.41) is 12.1. The summed E-state index contributed by atoms with van der Waals surface area (Å²) in [4.78, 5) is 24.8. The minimum absolute atomic E-state index is 0.115. The first kappa shape index (κ1) is 16.6. The predicted molar refractivity (Wildman–Crippen MR) is 84.5 cm³/mol. The molecule has 21 heavy (non-hydrogen) atoms. The van der Waals surface area contributed by atoms with Crippen molar-refractivity contribution in [3.8, 4) is 0 Å². The SMILES string of the molecule is CCCSCC(=O)NC1CC(N(CC(=O)O)CC2CC2)C1. The van der Waals surface area contributed by atoms with E-state index in [1.807, 2.05) is 0 Å². The summed E-state index contributed by atoms with van der Waals surface area (Å²) in [6.45, 7) is 3.15. The molecule has 0 unspecified atom stereocenters. The Hall–Kier alpha value is -0.750. The van der Waals surface area contributed by atoms with E-state index in [0.29, 0.717) is 17.7 Å². The number of hydrogen-bond donors (Lipinski definition) is 2. The quantitative estimate of drug-likeness (QED) is 0.599. The minimum Gasteiger partial charge on any atom is -0.480 e. The summed E-state index contributed by atoms with van der Waals surface area (Å²) in [5.74, 6) is 1.62. The summed E-state index contributed by atoms with van der Waals surface area (Å²) in [5.41, 5.74) is 0. The molecule has 0 atom stereocenters. The van der Waals surface area contributed by atoms with Gasteiger partial charge in [-0.3, -0.25) is 14.5 Å². The summed E-state index contributed by atoms with van der Waals surface area (Å²) < 4.78 is 0. The highest BCUT2D eigenvalue weighted by Crippen LogP contribution is 2.33. The Kier molecular flexibility index (Phi) is 6.36. The fourth-order valence-electron chi connectivity index (χ4n) is 2.73. The topological polar surface area (TPSA) is 69.6 Å². The highest BCUT2D eigenvalue weighted by atomic mass is 32.2. The molecule has 1 amide bonds. The van der Waals surface area contributed by atoms with Gasteiger partial charge >= 0.3 is 5.97 Å². The van der Waals surface area contributed by atoms with Gasteiger partial charge in [-0.15, -0.1) is 0 Å². The maximum absolute atomic E-state index is 11.7. The molecule has 6 heteroatoms. The smallest absolute Gasteiger partial charge is 0.317 e. The van der Waals surface area contributed by atoms with Crippen LogP contribution in [0, 0.1) is 5.92 Å². The highest BCUT2D eigenvalue weighted by molar-refractivity contribution is 7.99. The number of carboxylic acids is 1. The molecule has 0 radical (unpaired) electrons. The normalized spacial score (nSPS) is 24.7. The van der Waals surface area contributed by atoms with E-state index < -0.39 is 5.97 Å². The number of amides is 1. The number of rotatable bonds is 10. The molecular formula is C15H26N2O3S. The Morgan fingerprint density at radius 1 is 1.33 bits per heavy atom. The lowest BCUT2D eigenvalue weighted by molar-refractivity contribution is -0.140. The van der Waals surface area contributed by atoms with Gasteiger partial charge in [-0.2, -0.15) is 11.8 Å². The number of carbonyl (C=O) groups is 2. The second-order valence-corrected chi connectivity index (χ2v) is 7.31. The van der Waals surface area contributed by atoms with Crippen LogP contribution in [0.4, 0.5) is 0 Å². The van der Waals surface area contributed by atoms with Gasteiger partial charge < -0.3 is 10.4 Å². The van der Waals surface area contributed by atoms with Crippen LogP contribution in [0.25, 0.3) is 0 Å². The van der Waals surface area contributed by atoms with Crippen molar-refractivity contribution in [2.24, 2.45) is 5.92 Å². The lowest BCUT2D eigenvalue weighted by atomic mass is 9.85. The van der Waals surface area contributed by atoms with Crippen molar-refractivity contribution in [2.45, 2.75) is 51.1 Å². The van der Waals surface area contributed by atoms with E-state index in [0.717, 1.165) is 31.6 Å². The Morgan fingerprint density at radius 3 is 2.62 bits per heavy atom. The van der Waals surface area contributed by atoms with E-state index in [9.17, 15) is 9.59 Å². The summed E-state index contributed by atoms with van der Waals surface area (Å²) >= 11 is 1.67. The lowest BCUT2D eigenvalue weighted by Gasteiger charge is -2.42. The molecule has 2 aliphatic rings. The van der Waals surface area contributed by atoms with Gasteiger partial charge in [0.1, 0.15) is 0 Å². The van der Waals surface area contributed by atoms with Gasteiger partial charge in [-0.25, -0.2) is 0 Å². The molecule has 5 nitrogen and oxygen atoms in total. The minimum atomic E-state index is -0.751. The zero-order valence-electron chi connectivity index (χ0n) is 12.7. The fraction of sp³-hybridized carbons (Fsp3) is 0.867. The van der Waals surface area contributed by atoms with E-state index >= 15 is 0 Å². The third kappa shape index (κ3) is 5.87. The van der Waals surface area contributed by atoms with Crippen LogP contribution in [0.2, 0.25) is 0 Å². The first-order valence-corrected chi connectivity index (χ1v) is 9.07. The van der Waals surface area contributed by atoms with Crippen LogP contribution < -0.4 is 5.32 Å². The van der Waals surface area contributed by atoms with Gasteiger partial charge in [-0.05, 0) is 43.8 Å². The average molecular weight is 314 g/mol. The largest absolute Gasteiger partial charge is 0.480 e. The maximum Gasteiger partial charge on any atom is 0.317 e. The van der Waals surface area contributed by atoms with Crippen molar-refractivity contribution < 1.29 is 14.7 Å². The maximum atomic E-state index is 11.7. The average Bonchev–Trinajstić information content (AvgIpc) is 3.16. The highest BCUT2D eigenvalue weighted by Gasteiger charge is 2.37. The summed E-state index contributed by atoms with van der Waals surface area (Å²) in [6, 6.07) is 0.565. The van der Waals surface area contributed by atoms with E-state index in [1.54, 1.807) is 11.8 Å². The van der Waals surface area contributed by atoms with Gasteiger partial charge in [0.25, 0.3) is 0 Å². The molecule has 0 aromatic rings. The third-order valence-electron chi connectivity index (χ3n) is 4.10. The molecule has 2 saturated carbocycles. The number of aliphatic carboxylic acids is 1. The Morgan fingerprint density at radius 2 is 2.05 bits per heavy atom. The Balaban J connectivity index is 1.65. The van der Waals surface area contributed by atoms with Crippen molar-refractivity contribution in [3.05, 3.63) is 0 Å². The van der Waals surface area contributed by atoms with Crippen LogP contribution in [0.3, 0.4) is 0 Å². The molecule has 0 aliphatic heterocycles. The van der Waals surface area contributed by atoms with Crippen LogP contribution in [0.1, 0.15) is 39.0 Å². The molecule has 2 aliphatic carbocycles. The molecule has 2 rings (SSSR count). The van der Waals surface area contributed by atoms with Crippen LogP contribution in [0.5, 0.6) is 0 Å². The van der Waals surface area contributed by atoms with E-state index in [-0.39, 0.29) is 18.5 Å². The monoisotopic (exact) mass is 314 g/mol. The summed E-state index contributed by atoms with van der Waals surface area (Å²) in [6.07, 6.45) is 5.35. The van der Waals surface area contributed by atoms with Crippen LogP contribution in [-0.2, 0) is 9.59 Å². The van der Waals surface area contributed by atoms with Gasteiger partial charge in [0.15, 0.2) is 0 Å². The van der Waals surface area contributed by atoms with Crippen LogP contribution in [0.15, 0.2) is 0 Å². The second kappa shape index (κ2) is 8.03. The molecule has 2 fully saturated rings. The fourth-order valence-corrected chi connectivity index (χ4v) is 3.43. The van der Waals surface area contributed by atoms with Crippen molar-refractivity contribution >= 4 is 23.6 Å². The van der Waals surface area contributed by atoms with Gasteiger partial charge in [0.05, 0.1) is 12.3 Å². The van der Waals surface area contributed by atoms with Gasteiger partial charge in [-0.1, -0.05) is 6.92 Å². The Bertz CT molecular complexity index is 368. The van der Waals surface area contributed by atoms with E-state index in [2.05, 4.69) is 17.1 Å². The molecule has 2 N–H and O–H groups in total.